The molecule has 0 fully saturated rings. The molecule has 15 heavy (non-hydrogen) atoms. The fourth-order valence-corrected chi connectivity index (χ4v) is 1.81. The number of halogens is 2. The lowest BCUT2D eigenvalue weighted by Gasteiger charge is -2.05. The molecule has 82 valence electrons. The molecule has 0 heterocycles. The van der Waals surface area contributed by atoms with Crippen LogP contribution < -0.4 is 5.32 Å². The molecule has 0 atom stereocenters. The van der Waals surface area contributed by atoms with E-state index in [4.69, 9.17) is 23.2 Å². The Balaban J connectivity index is 2.95. The molecule has 0 aliphatic carbocycles. The standard InChI is InChI=1S/C12H15Cl2N/c1-3-9(8-15-2)6-10-4-5-11(13)7-12(10)14/h4-7,15H,3,8H2,1-2H3. The Hall–Kier alpha value is -0.500. The Morgan fingerprint density at radius 2 is 2.13 bits per heavy atom. The topological polar surface area (TPSA) is 12.0 Å². The van der Waals surface area contributed by atoms with Crippen molar-refractivity contribution in [2.24, 2.45) is 0 Å². The second-order valence-corrected chi connectivity index (χ2v) is 4.20. The third-order valence-corrected chi connectivity index (χ3v) is 2.74. The Bertz CT molecular complexity index is 359. The highest BCUT2D eigenvalue weighted by Gasteiger charge is 2.00. The summed E-state index contributed by atoms with van der Waals surface area (Å²) in [5.74, 6) is 0. The lowest BCUT2D eigenvalue weighted by Crippen LogP contribution is -2.09. The van der Waals surface area contributed by atoms with Gasteiger partial charge in [0.25, 0.3) is 0 Å². The summed E-state index contributed by atoms with van der Waals surface area (Å²) >= 11 is 11.9. The quantitative estimate of drug-likeness (QED) is 0.843. The monoisotopic (exact) mass is 243 g/mol. The third kappa shape index (κ3) is 3.86. The number of hydrogen-bond acceptors (Lipinski definition) is 1. The molecule has 1 N–H and O–H groups in total. The van der Waals surface area contributed by atoms with Crippen molar-refractivity contribution in [2.45, 2.75) is 13.3 Å². The lowest BCUT2D eigenvalue weighted by atomic mass is 10.1. The first-order valence-corrected chi connectivity index (χ1v) is 5.72. The second-order valence-electron chi connectivity index (χ2n) is 3.35. The van der Waals surface area contributed by atoms with E-state index in [1.807, 2.05) is 19.2 Å². The van der Waals surface area contributed by atoms with Crippen LogP contribution in [0.5, 0.6) is 0 Å². The molecule has 1 aromatic carbocycles. The van der Waals surface area contributed by atoms with Crippen molar-refractivity contribution < 1.29 is 0 Å². The fraction of sp³-hybridized carbons (Fsp3) is 0.333. The summed E-state index contributed by atoms with van der Waals surface area (Å²) in [5.41, 5.74) is 2.34. The highest BCUT2D eigenvalue weighted by molar-refractivity contribution is 6.35. The first kappa shape index (κ1) is 12.6. The summed E-state index contributed by atoms with van der Waals surface area (Å²) in [6.45, 7) is 3.02. The first-order chi connectivity index (χ1) is 7.17. The molecule has 0 unspecified atom stereocenters. The summed E-state index contributed by atoms with van der Waals surface area (Å²) in [6.07, 6.45) is 3.12. The van der Waals surface area contributed by atoms with Crippen molar-refractivity contribution in [3.8, 4) is 0 Å². The van der Waals surface area contributed by atoms with Gasteiger partial charge in [0, 0.05) is 16.6 Å². The molecule has 0 spiro atoms. The SMILES string of the molecule is CCC(=Cc1ccc(Cl)cc1Cl)CNC. The minimum Gasteiger partial charge on any atom is -0.316 e. The molecule has 0 amide bonds. The van der Waals surface area contributed by atoms with E-state index < -0.39 is 0 Å². The van der Waals surface area contributed by atoms with E-state index >= 15 is 0 Å². The average Bonchev–Trinajstić information content (AvgIpc) is 2.21. The molecule has 1 rings (SSSR count). The molecule has 0 saturated heterocycles. The van der Waals surface area contributed by atoms with Gasteiger partial charge < -0.3 is 5.32 Å². The normalized spacial score (nSPS) is 11.9. The summed E-state index contributed by atoms with van der Waals surface area (Å²) in [5, 5.41) is 4.50. The van der Waals surface area contributed by atoms with Crippen LogP contribution in [0, 0.1) is 0 Å². The van der Waals surface area contributed by atoms with Crippen molar-refractivity contribution in [1.29, 1.82) is 0 Å². The Morgan fingerprint density at radius 3 is 2.67 bits per heavy atom. The summed E-state index contributed by atoms with van der Waals surface area (Å²) in [6, 6.07) is 5.56. The van der Waals surface area contributed by atoms with Crippen LogP contribution in [0.3, 0.4) is 0 Å². The van der Waals surface area contributed by atoms with Crippen LogP contribution in [0.25, 0.3) is 6.08 Å². The van der Waals surface area contributed by atoms with Gasteiger partial charge in [0.1, 0.15) is 0 Å². The molecule has 0 aliphatic rings. The predicted octanol–water partition coefficient (Wildman–Crippen LogP) is 4.01. The van der Waals surface area contributed by atoms with E-state index in [1.54, 1.807) is 6.07 Å². The second kappa shape index (κ2) is 6.16. The van der Waals surface area contributed by atoms with Gasteiger partial charge in [-0.15, -0.1) is 0 Å². The molecule has 0 radical (unpaired) electrons. The Labute approximate surface area is 101 Å². The van der Waals surface area contributed by atoms with Crippen molar-refractivity contribution in [3.05, 3.63) is 39.4 Å². The fourth-order valence-electron chi connectivity index (χ4n) is 1.34. The van der Waals surface area contributed by atoms with Gasteiger partial charge in [-0.25, -0.2) is 0 Å². The predicted molar refractivity (Wildman–Crippen MR) is 68.7 cm³/mol. The maximum atomic E-state index is 6.08. The molecule has 0 aliphatic heterocycles. The van der Waals surface area contributed by atoms with E-state index in [0.29, 0.717) is 10.0 Å². The molecular weight excluding hydrogens is 229 g/mol. The van der Waals surface area contributed by atoms with Crippen molar-refractivity contribution in [1.82, 2.24) is 5.32 Å². The molecule has 3 heteroatoms. The largest absolute Gasteiger partial charge is 0.316 e. The maximum absolute atomic E-state index is 6.08. The number of rotatable bonds is 4. The van der Waals surface area contributed by atoms with Crippen LogP contribution >= 0.6 is 23.2 Å². The van der Waals surface area contributed by atoms with E-state index in [0.717, 1.165) is 18.5 Å². The van der Waals surface area contributed by atoms with Gasteiger partial charge in [-0.3, -0.25) is 0 Å². The van der Waals surface area contributed by atoms with Gasteiger partial charge in [-0.1, -0.05) is 47.8 Å². The Kier molecular flexibility index (Phi) is 5.16. The molecule has 0 saturated carbocycles. The molecule has 1 aromatic rings. The zero-order valence-electron chi connectivity index (χ0n) is 8.98. The van der Waals surface area contributed by atoms with Gasteiger partial charge >= 0.3 is 0 Å². The van der Waals surface area contributed by atoms with Crippen molar-refractivity contribution in [2.75, 3.05) is 13.6 Å². The van der Waals surface area contributed by atoms with Crippen LogP contribution in [-0.4, -0.2) is 13.6 Å². The summed E-state index contributed by atoms with van der Waals surface area (Å²) in [4.78, 5) is 0. The van der Waals surface area contributed by atoms with E-state index in [9.17, 15) is 0 Å². The minimum absolute atomic E-state index is 0.670. The van der Waals surface area contributed by atoms with Crippen molar-refractivity contribution in [3.63, 3.8) is 0 Å². The smallest absolute Gasteiger partial charge is 0.0493 e. The van der Waals surface area contributed by atoms with Crippen LogP contribution in [0.2, 0.25) is 10.0 Å². The third-order valence-electron chi connectivity index (χ3n) is 2.18. The highest BCUT2D eigenvalue weighted by Crippen LogP contribution is 2.23. The Morgan fingerprint density at radius 1 is 1.40 bits per heavy atom. The van der Waals surface area contributed by atoms with E-state index in [-0.39, 0.29) is 0 Å². The summed E-state index contributed by atoms with van der Waals surface area (Å²) < 4.78 is 0. The average molecular weight is 244 g/mol. The molecule has 0 aromatic heterocycles. The van der Waals surface area contributed by atoms with Crippen LogP contribution in [-0.2, 0) is 0 Å². The zero-order chi connectivity index (χ0) is 11.3. The first-order valence-electron chi connectivity index (χ1n) is 4.96. The van der Waals surface area contributed by atoms with Gasteiger partial charge in [-0.2, -0.15) is 0 Å². The van der Waals surface area contributed by atoms with Crippen LogP contribution in [0.15, 0.2) is 23.8 Å². The number of nitrogens with one attached hydrogen (secondary N) is 1. The van der Waals surface area contributed by atoms with Gasteiger partial charge in [-0.05, 0) is 31.2 Å². The maximum Gasteiger partial charge on any atom is 0.0493 e. The molecule has 1 nitrogen and oxygen atoms in total. The van der Waals surface area contributed by atoms with Crippen LogP contribution in [0.4, 0.5) is 0 Å². The van der Waals surface area contributed by atoms with E-state index in [2.05, 4.69) is 18.3 Å². The minimum atomic E-state index is 0.670. The number of hydrogen-bond donors (Lipinski definition) is 1. The van der Waals surface area contributed by atoms with E-state index in [1.165, 1.54) is 5.57 Å². The van der Waals surface area contributed by atoms with Gasteiger partial charge in [0.05, 0.1) is 0 Å². The van der Waals surface area contributed by atoms with Gasteiger partial charge in [0.15, 0.2) is 0 Å². The summed E-state index contributed by atoms with van der Waals surface area (Å²) in [7, 11) is 1.94. The van der Waals surface area contributed by atoms with Crippen LogP contribution in [0.1, 0.15) is 18.9 Å². The number of benzene rings is 1. The molecule has 0 bridgehead atoms. The van der Waals surface area contributed by atoms with Crippen molar-refractivity contribution >= 4 is 29.3 Å². The number of likely N-dealkylation sites (N-methyl/N-ethyl adjacent to an activating group) is 1. The lowest BCUT2D eigenvalue weighted by molar-refractivity contribution is 0.851. The molecular formula is C12H15Cl2N. The van der Waals surface area contributed by atoms with Gasteiger partial charge in [0.2, 0.25) is 0 Å². The highest BCUT2D eigenvalue weighted by atomic mass is 35.5. The zero-order valence-corrected chi connectivity index (χ0v) is 10.5.